The van der Waals surface area contributed by atoms with E-state index in [1.54, 1.807) is 36.4 Å². The fourth-order valence-electron chi connectivity index (χ4n) is 3.85. The van der Waals surface area contributed by atoms with Gasteiger partial charge in [-0.15, -0.1) is 0 Å². The fourth-order valence-corrected chi connectivity index (χ4v) is 4.48. The zero-order chi connectivity index (χ0) is 26.8. The number of ether oxygens (including phenoxy) is 1. The average molecular weight is 562 g/mol. The molecule has 37 heavy (non-hydrogen) atoms. The van der Waals surface area contributed by atoms with Crippen LogP contribution in [0.25, 0.3) is 0 Å². The van der Waals surface area contributed by atoms with E-state index in [4.69, 9.17) is 39.5 Å². The van der Waals surface area contributed by atoms with Gasteiger partial charge in [0.25, 0.3) is 5.91 Å². The Morgan fingerprint density at radius 3 is 2.30 bits per heavy atom. The van der Waals surface area contributed by atoms with E-state index in [0.717, 1.165) is 24.0 Å². The number of nitrogens with one attached hydrogen (secondary N) is 1. The van der Waals surface area contributed by atoms with Gasteiger partial charge in [-0.1, -0.05) is 84.5 Å². The van der Waals surface area contributed by atoms with Crippen molar-refractivity contribution in [3.05, 3.63) is 98.5 Å². The molecular weight excluding hydrogens is 531 g/mol. The van der Waals surface area contributed by atoms with Gasteiger partial charge in [0.1, 0.15) is 11.8 Å². The molecule has 0 aromatic heterocycles. The van der Waals surface area contributed by atoms with Gasteiger partial charge in [-0.3, -0.25) is 9.59 Å². The molecule has 0 spiro atoms. The van der Waals surface area contributed by atoms with Crippen LogP contribution in [0, 0.1) is 6.92 Å². The number of carbonyl (C=O) groups excluding carboxylic acids is 2. The summed E-state index contributed by atoms with van der Waals surface area (Å²) < 4.78 is 5.81. The standard InChI is InChI=1S/C29H31Cl3N2O3/c1-3-4-15-33-29(36)27(17-21-9-6-5-7-10-21)34(18-23-25(31)11-8-12-26(23)32)28(35)19-37-22-13-14-24(30)20(2)16-22/h5-14,16,27H,3-4,15,17-19H2,1-2H3,(H,33,36)/t27-/m1/s1. The molecule has 0 unspecified atom stereocenters. The lowest BCUT2D eigenvalue weighted by Crippen LogP contribution is -2.52. The number of halogens is 3. The maximum absolute atomic E-state index is 13.7. The minimum atomic E-state index is -0.797. The van der Waals surface area contributed by atoms with Crippen molar-refractivity contribution in [2.75, 3.05) is 13.2 Å². The highest BCUT2D eigenvalue weighted by atomic mass is 35.5. The quantitative estimate of drug-likeness (QED) is 0.245. The van der Waals surface area contributed by atoms with Crippen molar-refractivity contribution in [2.45, 2.75) is 45.7 Å². The topological polar surface area (TPSA) is 58.6 Å². The van der Waals surface area contributed by atoms with Crippen LogP contribution in [-0.2, 0) is 22.6 Å². The summed E-state index contributed by atoms with van der Waals surface area (Å²) in [4.78, 5) is 28.6. The molecular formula is C29H31Cl3N2O3. The van der Waals surface area contributed by atoms with E-state index in [9.17, 15) is 9.59 Å². The Labute approximate surface area is 233 Å². The smallest absolute Gasteiger partial charge is 0.261 e. The van der Waals surface area contributed by atoms with Gasteiger partial charge in [0.2, 0.25) is 5.91 Å². The molecule has 0 saturated carbocycles. The normalized spacial score (nSPS) is 11.6. The Morgan fingerprint density at radius 1 is 0.946 bits per heavy atom. The van der Waals surface area contributed by atoms with E-state index in [1.807, 2.05) is 37.3 Å². The van der Waals surface area contributed by atoms with Crippen LogP contribution in [0.3, 0.4) is 0 Å². The number of nitrogens with zero attached hydrogens (tertiary/aromatic N) is 1. The number of unbranched alkanes of at least 4 members (excludes halogenated alkanes) is 1. The van der Waals surface area contributed by atoms with E-state index in [-0.39, 0.29) is 25.0 Å². The molecule has 0 heterocycles. The first-order chi connectivity index (χ1) is 17.8. The van der Waals surface area contributed by atoms with Crippen LogP contribution in [0.4, 0.5) is 0 Å². The predicted octanol–water partition coefficient (Wildman–Crippen LogP) is 6.89. The van der Waals surface area contributed by atoms with Gasteiger partial charge in [-0.05, 0) is 54.8 Å². The number of rotatable bonds is 12. The minimum absolute atomic E-state index is 0.0546. The molecule has 196 valence electrons. The Balaban J connectivity index is 1.93. The molecule has 1 N–H and O–H groups in total. The number of carbonyl (C=O) groups is 2. The van der Waals surface area contributed by atoms with Crippen LogP contribution in [0.2, 0.25) is 15.1 Å². The van der Waals surface area contributed by atoms with E-state index in [1.165, 1.54) is 4.90 Å². The van der Waals surface area contributed by atoms with E-state index >= 15 is 0 Å². The highest BCUT2D eigenvalue weighted by Gasteiger charge is 2.31. The number of benzene rings is 3. The van der Waals surface area contributed by atoms with E-state index in [0.29, 0.717) is 39.3 Å². The fraction of sp³-hybridized carbons (Fsp3) is 0.310. The van der Waals surface area contributed by atoms with Crippen LogP contribution in [0.15, 0.2) is 66.7 Å². The summed E-state index contributed by atoms with van der Waals surface area (Å²) in [6.45, 7) is 4.23. The second-order valence-corrected chi connectivity index (χ2v) is 9.99. The van der Waals surface area contributed by atoms with Crippen LogP contribution >= 0.6 is 34.8 Å². The molecule has 3 aromatic carbocycles. The maximum atomic E-state index is 13.7. The molecule has 0 aliphatic rings. The summed E-state index contributed by atoms with van der Waals surface area (Å²) in [5.74, 6) is -0.0932. The third-order valence-corrected chi connectivity index (χ3v) is 7.11. The first-order valence-electron chi connectivity index (χ1n) is 12.2. The van der Waals surface area contributed by atoms with Gasteiger partial charge in [-0.2, -0.15) is 0 Å². The summed E-state index contributed by atoms with van der Waals surface area (Å²) in [6, 6.07) is 19.2. The molecule has 3 aromatic rings. The van der Waals surface area contributed by atoms with Crippen molar-refractivity contribution in [3.8, 4) is 5.75 Å². The second-order valence-electron chi connectivity index (χ2n) is 8.77. The van der Waals surface area contributed by atoms with Crippen LogP contribution < -0.4 is 10.1 Å². The monoisotopic (exact) mass is 560 g/mol. The summed E-state index contributed by atoms with van der Waals surface area (Å²) in [5, 5.41) is 4.44. The van der Waals surface area contributed by atoms with Gasteiger partial charge in [0.05, 0.1) is 0 Å². The van der Waals surface area contributed by atoms with Gasteiger partial charge >= 0.3 is 0 Å². The van der Waals surface area contributed by atoms with Crippen molar-refractivity contribution in [2.24, 2.45) is 0 Å². The predicted molar refractivity (Wildman–Crippen MR) is 151 cm³/mol. The molecule has 0 aliphatic heterocycles. The Hall–Kier alpha value is -2.73. The van der Waals surface area contributed by atoms with Crippen LogP contribution in [0.1, 0.15) is 36.5 Å². The highest BCUT2D eigenvalue weighted by molar-refractivity contribution is 6.36. The van der Waals surface area contributed by atoms with Gasteiger partial charge < -0.3 is 15.0 Å². The van der Waals surface area contributed by atoms with Gasteiger partial charge in [0, 0.05) is 40.1 Å². The second kappa shape index (κ2) is 14.3. The Kier molecular flexibility index (Phi) is 11.1. The summed E-state index contributed by atoms with van der Waals surface area (Å²) >= 11 is 19.0. The molecule has 0 bridgehead atoms. The molecule has 5 nitrogen and oxygen atoms in total. The van der Waals surface area contributed by atoms with E-state index < -0.39 is 6.04 Å². The first kappa shape index (κ1) is 28.8. The molecule has 0 fully saturated rings. The average Bonchev–Trinajstić information content (AvgIpc) is 2.88. The summed E-state index contributed by atoms with van der Waals surface area (Å²) in [5.41, 5.74) is 2.33. The molecule has 1 atom stereocenters. The molecule has 0 aliphatic carbocycles. The number of hydrogen-bond donors (Lipinski definition) is 1. The van der Waals surface area contributed by atoms with Crippen molar-refractivity contribution in [1.29, 1.82) is 0 Å². The molecule has 0 radical (unpaired) electrons. The lowest BCUT2D eigenvalue weighted by Gasteiger charge is -2.32. The zero-order valence-corrected chi connectivity index (χ0v) is 23.2. The number of hydrogen-bond acceptors (Lipinski definition) is 3. The largest absolute Gasteiger partial charge is 0.484 e. The zero-order valence-electron chi connectivity index (χ0n) is 21.0. The van der Waals surface area contributed by atoms with Gasteiger partial charge in [0.15, 0.2) is 6.61 Å². The third-order valence-electron chi connectivity index (χ3n) is 5.98. The SMILES string of the molecule is CCCCNC(=O)[C@@H](Cc1ccccc1)N(Cc1c(Cl)cccc1Cl)C(=O)COc1ccc(Cl)c(C)c1. The third kappa shape index (κ3) is 8.39. The Bertz CT molecular complexity index is 1180. The number of amides is 2. The minimum Gasteiger partial charge on any atom is -0.484 e. The Morgan fingerprint density at radius 2 is 1.65 bits per heavy atom. The lowest BCUT2D eigenvalue weighted by molar-refractivity contribution is -0.142. The van der Waals surface area contributed by atoms with Crippen molar-refractivity contribution in [1.82, 2.24) is 10.2 Å². The molecule has 3 rings (SSSR count). The molecule has 8 heteroatoms. The van der Waals surface area contributed by atoms with Crippen molar-refractivity contribution >= 4 is 46.6 Å². The van der Waals surface area contributed by atoms with Crippen LogP contribution in [-0.4, -0.2) is 35.9 Å². The summed E-state index contributed by atoms with van der Waals surface area (Å²) in [7, 11) is 0. The van der Waals surface area contributed by atoms with Crippen molar-refractivity contribution < 1.29 is 14.3 Å². The number of aryl methyl sites for hydroxylation is 1. The maximum Gasteiger partial charge on any atom is 0.261 e. The molecule has 0 saturated heterocycles. The van der Waals surface area contributed by atoms with Crippen LogP contribution in [0.5, 0.6) is 5.75 Å². The first-order valence-corrected chi connectivity index (χ1v) is 13.4. The molecule has 2 amide bonds. The highest BCUT2D eigenvalue weighted by Crippen LogP contribution is 2.27. The van der Waals surface area contributed by atoms with E-state index in [2.05, 4.69) is 12.2 Å². The summed E-state index contributed by atoms with van der Waals surface area (Å²) in [6.07, 6.45) is 2.11. The lowest BCUT2D eigenvalue weighted by atomic mass is 10.0. The van der Waals surface area contributed by atoms with Gasteiger partial charge in [-0.25, -0.2) is 0 Å². The van der Waals surface area contributed by atoms with Crippen molar-refractivity contribution in [3.63, 3.8) is 0 Å².